The van der Waals surface area contributed by atoms with Gasteiger partial charge in [0.2, 0.25) is 5.91 Å². The zero-order valence-corrected chi connectivity index (χ0v) is 15.1. The second kappa shape index (κ2) is 6.62. The van der Waals surface area contributed by atoms with Crippen molar-refractivity contribution < 1.29 is 23.9 Å². The van der Waals surface area contributed by atoms with E-state index < -0.39 is 23.7 Å². The molecule has 1 spiro atoms. The van der Waals surface area contributed by atoms with E-state index in [1.807, 2.05) is 4.90 Å². The summed E-state index contributed by atoms with van der Waals surface area (Å²) in [4.78, 5) is 40.1. The van der Waals surface area contributed by atoms with Crippen LogP contribution in [0.5, 0.6) is 0 Å². The normalized spacial score (nSPS) is 24.3. The molecule has 144 valence electrons. The third-order valence-corrected chi connectivity index (χ3v) is 6.22. The maximum atomic E-state index is 14.0. The Kier molecular flexibility index (Phi) is 4.40. The molecule has 3 aliphatic rings. The lowest BCUT2D eigenvalue weighted by molar-refractivity contribution is -0.141. The quantitative estimate of drug-likeness (QED) is 0.879. The van der Waals surface area contributed by atoms with Gasteiger partial charge in [0.25, 0.3) is 5.91 Å². The van der Waals surface area contributed by atoms with E-state index in [0.717, 1.165) is 12.8 Å². The Labute approximate surface area is 156 Å². The van der Waals surface area contributed by atoms with Crippen LogP contribution in [0.4, 0.5) is 4.39 Å². The van der Waals surface area contributed by atoms with Gasteiger partial charge < -0.3 is 14.9 Å². The van der Waals surface area contributed by atoms with Gasteiger partial charge in [-0.1, -0.05) is 12.1 Å². The van der Waals surface area contributed by atoms with E-state index in [-0.39, 0.29) is 22.8 Å². The fourth-order valence-corrected chi connectivity index (χ4v) is 4.43. The van der Waals surface area contributed by atoms with Crippen LogP contribution in [0.3, 0.4) is 0 Å². The first-order valence-corrected chi connectivity index (χ1v) is 9.47. The van der Waals surface area contributed by atoms with Crippen molar-refractivity contribution in [3.05, 3.63) is 35.6 Å². The topological polar surface area (TPSA) is 77.9 Å². The van der Waals surface area contributed by atoms with Crippen molar-refractivity contribution in [3.8, 4) is 0 Å². The summed E-state index contributed by atoms with van der Waals surface area (Å²) in [6.07, 6.45) is 3.64. The molecule has 0 bridgehead atoms. The molecule has 27 heavy (non-hydrogen) atoms. The maximum absolute atomic E-state index is 14.0. The van der Waals surface area contributed by atoms with Gasteiger partial charge in [0.1, 0.15) is 11.9 Å². The van der Waals surface area contributed by atoms with Crippen LogP contribution in [0, 0.1) is 17.2 Å². The second-order valence-electron chi connectivity index (χ2n) is 8.07. The van der Waals surface area contributed by atoms with E-state index in [1.54, 1.807) is 6.07 Å². The molecule has 6 nitrogen and oxygen atoms in total. The molecule has 1 N–H and O–H groups in total. The lowest BCUT2D eigenvalue weighted by Gasteiger charge is -2.39. The molecule has 7 heteroatoms. The molecule has 0 unspecified atom stereocenters. The van der Waals surface area contributed by atoms with Crippen molar-refractivity contribution in [1.82, 2.24) is 9.80 Å². The number of rotatable bonds is 3. The lowest BCUT2D eigenvalue weighted by Crippen LogP contribution is -2.45. The summed E-state index contributed by atoms with van der Waals surface area (Å²) in [7, 11) is 0. The average molecular weight is 374 g/mol. The zero-order chi connectivity index (χ0) is 19.2. The number of hydrogen-bond donors (Lipinski definition) is 1. The molecule has 1 atom stereocenters. The summed E-state index contributed by atoms with van der Waals surface area (Å²) in [6, 6.07) is 4.71. The van der Waals surface area contributed by atoms with Crippen LogP contribution in [0.2, 0.25) is 0 Å². The molecule has 2 aliphatic heterocycles. The van der Waals surface area contributed by atoms with Gasteiger partial charge in [-0.3, -0.25) is 9.59 Å². The first-order valence-electron chi connectivity index (χ1n) is 9.47. The minimum Gasteiger partial charge on any atom is -0.480 e. The van der Waals surface area contributed by atoms with Crippen molar-refractivity contribution in [2.45, 2.75) is 38.1 Å². The number of carboxylic acid groups (broad SMARTS) is 1. The van der Waals surface area contributed by atoms with Crippen LogP contribution in [-0.4, -0.2) is 58.4 Å². The number of hydrogen-bond acceptors (Lipinski definition) is 3. The number of piperidine rings is 1. The molecule has 4 rings (SSSR count). The third kappa shape index (κ3) is 3.31. The Balaban J connectivity index is 1.51. The maximum Gasteiger partial charge on any atom is 0.326 e. The average Bonchev–Trinajstić information content (AvgIpc) is 3.44. The van der Waals surface area contributed by atoms with Gasteiger partial charge in [-0.2, -0.15) is 0 Å². The minimum absolute atomic E-state index is 0.0952. The lowest BCUT2D eigenvalue weighted by atomic mass is 9.76. The van der Waals surface area contributed by atoms with Gasteiger partial charge in [0.05, 0.1) is 5.56 Å². The number of halogens is 1. The highest BCUT2D eigenvalue weighted by Crippen LogP contribution is 2.45. The zero-order valence-electron chi connectivity index (χ0n) is 15.1. The fourth-order valence-electron chi connectivity index (χ4n) is 4.43. The van der Waals surface area contributed by atoms with E-state index in [4.69, 9.17) is 0 Å². The molecule has 0 aromatic heterocycles. The van der Waals surface area contributed by atoms with Crippen LogP contribution >= 0.6 is 0 Å². The van der Waals surface area contributed by atoms with E-state index >= 15 is 0 Å². The minimum atomic E-state index is -1.06. The van der Waals surface area contributed by atoms with Crippen molar-refractivity contribution in [1.29, 1.82) is 0 Å². The number of carboxylic acids is 1. The van der Waals surface area contributed by atoms with Crippen molar-refractivity contribution in [2.75, 3.05) is 19.6 Å². The van der Waals surface area contributed by atoms with E-state index in [1.165, 1.54) is 23.1 Å². The third-order valence-electron chi connectivity index (χ3n) is 6.22. The molecule has 1 saturated carbocycles. The predicted octanol–water partition coefficient (Wildman–Crippen LogP) is 2.14. The smallest absolute Gasteiger partial charge is 0.326 e. The summed E-state index contributed by atoms with van der Waals surface area (Å²) in [6.45, 7) is 1.50. The van der Waals surface area contributed by atoms with Crippen molar-refractivity contribution in [3.63, 3.8) is 0 Å². The van der Waals surface area contributed by atoms with Gasteiger partial charge in [-0.15, -0.1) is 0 Å². The first-order chi connectivity index (χ1) is 12.9. The highest BCUT2D eigenvalue weighted by Gasteiger charge is 2.51. The molecule has 2 amide bonds. The molecule has 3 fully saturated rings. The van der Waals surface area contributed by atoms with Crippen LogP contribution in [0.15, 0.2) is 24.3 Å². The van der Waals surface area contributed by atoms with E-state index in [2.05, 4.69) is 0 Å². The van der Waals surface area contributed by atoms with Gasteiger partial charge in [0, 0.05) is 25.6 Å². The second-order valence-corrected chi connectivity index (χ2v) is 8.07. The summed E-state index contributed by atoms with van der Waals surface area (Å²) in [5.41, 5.74) is -0.410. The number of nitrogens with zero attached hydrogens (tertiary/aromatic N) is 2. The standard InChI is InChI=1S/C20H23FN2O4/c21-15-4-2-1-3-14(15)18(25)23-12-20(11-16(23)19(26)27)7-9-22(10-8-20)17(24)13-5-6-13/h1-4,13,16H,5-12H2,(H,26,27)/t16-/m1/s1. The SMILES string of the molecule is O=C(O)[C@H]1CC2(CCN(C(=O)C3CC3)CC2)CN1C(=O)c1ccccc1F. The van der Waals surface area contributed by atoms with Crippen molar-refractivity contribution in [2.24, 2.45) is 11.3 Å². The highest BCUT2D eigenvalue weighted by molar-refractivity contribution is 5.97. The van der Waals surface area contributed by atoms with Crippen LogP contribution in [0.1, 0.15) is 42.5 Å². The molecule has 2 heterocycles. The summed E-state index contributed by atoms with van der Waals surface area (Å²) >= 11 is 0. The van der Waals surface area contributed by atoms with Crippen LogP contribution < -0.4 is 0 Å². The van der Waals surface area contributed by atoms with Gasteiger partial charge in [-0.25, -0.2) is 9.18 Å². The highest BCUT2D eigenvalue weighted by atomic mass is 19.1. The Bertz CT molecular complexity index is 784. The molecule has 0 radical (unpaired) electrons. The number of carbonyl (C=O) groups is 3. The predicted molar refractivity (Wildman–Crippen MR) is 94.4 cm³/mol. The number of likely N-dealkylation sites (tertiary alicyclic amines) is 2. The summed E-state index contributed by atoms with van der Waals surface area (Å²) < 4.78 is 14.0. The number of benzene rings is 1. The molecule has 1 aromatic rings. The van der Waals surface area contributed by atoms with Gasteiger partial charge in [-0.05, 0) is 49.7 Å². The van der Waals surface area contributed by atoms with Gasteiger partial charge in [0.15, 0.2) is 0 Å². The fraction of sp³-hybridized carbons (Fsp3) is 0.550. The number of amides is 2. The molecule has 2 saturated heterocycles. The summed E-state index contributed by atoms with van der Waals surface area (Å²) in [5, 5.41) is 9.63. The molecular formula is C20H23FN2O4. The number of aliphatic carboxylic acids is 1. The largest absolute Gasteiger partial charge is 0.480 e. The Morgan fingerprint density at radius 3 is 2.37 bits per heavy atom. The summed E-state index contributed by atoms with van der Waals surface area (Å²) in [5.74, 6) is -1.90. The van der Waals surface area contributed by atoms with Crippen LogP contribution in [-0.2, 0) is 9.59 Å². The first kappa shape index (κ1) is 17.9. The van der Waals surface area contributed by atoms with Gasteiger partial charge >= 0.3 is 5.97 Å². The molecule has 1 aliphatic carbocycles. The van der Waals surface area contributed by atoms with E-state index in [0.29, 0.717) is 38.9 Å². The number of carbonyl (C=O) groups excluding carboxylic acids is 2. The Morgan fingerprint density at radius 1 is 1.11 bits per heavy atom. The van der Waals surface area contributed by atoms with E-state index in [9.17, 15) is 23.9 Å². The molecular weight excluding hydrogens is 351 g/mol. The van der Waals surface area contributed by atoms with Crippen molar-refractivity contribution >= 4 is 17.8 Å². The Morgan fingerprint density at radius 2 is 1.78 bits per heavy atom. The van der Waals surface area contributed by atoms with Crippen LogP contribution in [0.25, 0.3) is 0 Å². The molecule has 1 aromatic carbocycles. The monoisotopic (exact) mass is 374 g/mol. The Hall–Kier alpha value is -2.44.